The van der Waals surface area contributed by atoms with E-state index in [1.54, 1.807) is 0 Å². The van der Waals surface area contributed by atoms with E-state index in [0.717, 1.165) is 18.2 Å². The van der Waals surface area contributed by atoms with Gasteiger partial charge in [0.25, 0.3) is 21.4 Å². The van der Waals surface area contributed by atoms with Crippen LogP contribution in [0.3, 0.4) is 0 Å². The molecule has 2 aromatic rings. The van der Waals surface area contributed by atoms with E-state index in [2.05, 4.69) is 0 Å². The molecule has 0 radical (unpaired) electrons. The Labute approximate surface area is 159 Å². The van der Waals surface area contributed by atoms with Crippen molar-refractivity contribution in [1.29, 1.82) is 0 Å². The maximum atomic E-state index is 13.0. The Hall–Kier alpha value is -3.54. The zero-order valence-electron chi connectivity index (χ0n) is 14.7. The number of carboxylic acid groups (broad SMARTS) is 1. The number of sulfonamides is 1. The molecule has 0 saturated heterocycles. The molecule has 1 N–H and O–H groups in total. The molecule has 0 aliphatic carbocycles. The third-order valence-electron chi connectivity index (χ3n) is 3.92. The molecule has 0 aliphatic rings. The first-order valence-corrected chi connectivity index (χ1v) is 9.13. The summed E-state index contributed by atoms with van der Waals surface area (Å²) in [7, 11) is -4.55. The average Bonchev–Trinajstić information content (AvgIpc) is 2.59. The molecule has 2 rings (SSSR count). The van der Waals surface area contributed by atoms with Gasteiger partial charge in [-0.1, -0.05) is 12.1 Å². The van der Waals surface area contributed by atoms with Crippen LogP contribution in [0.15, 0.2) is 41.3 Å². The topological polar surface area (TPSA) is 161 Å². The molecule has 12 heteroatoms. The summed E-state index contributed by atoms with van der Waals surface area (Å²) in [6.07, 6.45) is 0. The Bertz CT molecular complexity index is 1080. The molecular weight excluding hydrogens is 394 g/mol. The summed E-state index contributed by atoms with van der Waals surface area (Å²) >= 11 is 0. The Morgan fingerprint density at radius 2 is 1.50 bits per heavy atom. The van der Waals surface area contributed by atoms with Crippen molar-refractivity contribution in [3.05, 3.63) is 67.8 Å². The number of nitrogens with zero attached hydrogens (tertiary/aromatic N) is 3. The molecule has 0 aromatic heterocycles. The van der Waals surface area contributed by atoms with Gasteiger partial charge in [0.15, 0.2) is 0 Å². The zero-order valence-corrected chi connectivity index (χ0v) is 15.5. The van der Waals surface area contributed by atoms with E-state index in [0.29, 0.717) is 4.31 Å². The van der Waals surface area contributed by atoms with Crippen molar-refractivity contribution in [2.24, 2.45) is 0 Å². The van der Waals surface area contributed by atoms with Crippen molar-refractivity contribution >= 4 is 33.1 Å². The molecule has 0 unspecified atom stereocenters. The number of carbonyl (C=O) groups is 1. The zero-order chi connectivity index (χ0) is 21.2. The van der Waals surface area contributed by atoms with Crippen LogP contribution in [0.2, 0.25) is 0 Å². The van der Waals surface area contributed by atoms with Crippen molar-refractivity contribution in [1.82, 2.24) is 0 Å². The minimum atomic E-state index is -4.55. The van der Waals surface area contributed by atoms with Crippen molar-refractivity contribution < 1.29 is 28.2 Å². The van der Waals surface area contributed by atoms with E-state index in [1.807, 2.05) is 0 Å². The fraction of sp³-hybridized carbons (Fsp3) is 0.188. The third-order valence-corrected chi connectivity index (χ3v) is 5.69. The van der Waals surface area contributed by atoms with E-state index in [1.165, 1.54) is 32.0 Å². The fourth-order valence-corrected chi connectivity index (χ4v) is 3.89. The lowest BCUT2D eigenvalue weighted by atomic mass is 10.2. The molecule has 0 saturated carbocycles. The van der Waals surface area contributed by atoms with E-state index in [-0.39, 0.29) is 16.8 Å². The predicted octanol–water partition coefficient (Wildman–Crippen LogP) is 2.40. The third kappa shape index (κ3) is 4.06. The summed E-state index contributed by atoms with van der Waals surface area (Å²) in [5.41, 5.74) is -0.612. The number of aliphatic carboxylic acids is 1. The summed E-state index contributed by atoms with van der Waals surface area (Å²) in [5, 5.41) is 31.4. The van der Waals surface area contributed by atoms with Gasteiger partial charge in [-0.25, -0.2) is 8.42 Å². The van der Waals surface area contributed by atoms with Crippen molar-refractivity contribution in [3.63, 3.8) is 0 Å². The van der Waals surface area contributed by atoms with Crippen LogP contribution in [0.4, 0.5) is 17.1 Å². The van der Waals surface area contributed by atoms with Gasteiger partial charge in [0, 0.05) is 23.3 Å². The number of hydrogen-bond acceptors (Lipinski definition) is 7. The second-order valence-electron chi connectivity index (χ2n) is 5.84. The molecule has 0 aliphatic heterocycles. The minimum Gasteiger partial charge on any atom is -0.480 e. The molecular formula is C16H15N3O8S. The van der Waals surface area contributed by atoms with Gasteiger partial charge in [-0.05, 0) is 26.0 Å². The van der Waals surface area contributed by atoms with Crippen molar-refractivity contribution in [2.75, 3.05) is 10.8 Å². The molecule has 28 heavy (non-hydrogen) atoms. The molecule has 2 aromatic carbocycles. The predicted molar refractivity (Wildman–Crippen MR) is 97.8 cm³/mol. The van der Waals surface area contributed by atoms with Crippen LogP contribution in [-0.2, 0) is 14.8 Å². The molecule has 11 nitrogen and oxygen atoms in total. The number of carboxylic acids is 1. The number of aryl methyl sites for hydroxylation is 2. The number of anilines is 1. The second-order valence-corrected chi connectivity index (χ2v) is 7.70. The Morgan fingerprint density at radius 1 is 1.00 bits per heavy atom. The molecule has 0 atom stereocenters. The lowest BCUT2D eigenvalue weighted by Crippen LogP contribution is -2.35. The first-order valence-electron chi connectivity index (χ1n) is 7.69. The molecule has 148 valence electrons. The number of benzene rings is 2. The fourth-order valence-electron chi connectivity index (χ4n) is 2.46. The number of hydrogen-bond donors (Lipinski definition) is 1. The van der Waals surface area contributed by atoms with E-state index in [4.69, 9.17) is 5.11 Å². The van der Waals surface area contributed by atoms with Crippen LogP contribution in [0.1, 0.15) is 11.1 Å². The average molecular weight is 409 g/mol. The summed E-state index contributed by atoms with van der Waals surface area (Å²) in [4.78, 5) is 31.5. The van der Waals surface area contributed by atoms with Crippen molar-refractivity contribution in [3.8, 4) is 0 Å². The van der Waals surface area contributed by atoms with Crippen LogP contribution in [0.25, 0.3) is 0 Å². The van der Waals surface area contributed by atoms with Gasteiger partial charge >= 0.3 is 5.97 Å². The normalized spacial score (nSPS) is 11.1. The molecule has 0 heterocycles. The van der Waals surface area contributed by atoms with E-state index < -0.39 is 48.7 Å². The Balaban J connectivity index is 2.67. The number of nitro groups is 2. The SMILES string of the molecule is Cc1ccc(N(CC(=O)O)S(=O)(=O)c2ccc(C)c([N+](=O)[O-])c2)cc1[N+](=O)[O-]. The standard InChI is InChI=1S/C16H15N3O8S/c1-10-3-5-12(7-14(10)18(22)23)17(9-16(20)21)28(26,27)13-6-4-11(2)15(8-13)19(24)25/h3-8H,9H2,1-2H3,(H,20,21). The quantitative estimate of drug-likeness (QED) is 0.538. The second kappa shape index (κ2) is 7.60. The molecule has 0 spiro atoms. The summed E-state index contributed by atoms with van der Waals surface area (Å²) < 4.78 is 26.4. The minimum absolute atomic E-state index is 0.222. The van der Waals surface area contributed by atoms with Crippen LogP contribution in [0.5, 0.6) is 0 Å². The lowest BCUT2D eigenvalue weighted by molar-refractivity contribution is -0.385. The highest BCUT2D eigenvalue weighted by Gasteiger charge is 2.30. The van der Waals surface area contributed by atoms with Crippen LogP contribution < -0.4 is 4.31 Å². The van der Waals surface area contributed by atoms with Crippen molar-refractivity contribution in [2.45, 2.75) is 18.7 Å². The summed E-state index contributed by atoms with van der Waals surface area (Å²) in [6.45, 7) is 1.85. The highest BCUT2D eigenvalue weighted by atomic mass is 32.2. The van der Waals surface area contributed by atoms with E-state index >= 15 is 0 Å². The van der Waals surface area contributed by atoms with E-state index in [9.17, 15) is 33.4 Å². The Kier molecular flexibility index (Phi) is 5.64. The summed E-state index contributed by atoms with van der Waals surface area (Å²) in [5.74, 6) is -1.51. The highest BCUT2D eigenvalue weighted by Crippen LogP contribution is 2.31. The molecule has 0 amide bonds. The largest absolute Gasteiger partial charge is 0.480 e. The van der Waals surface area contributed by atoms with Gasteiger partial charge in [-0.15, -0.1) is 0 Å². The van der Waals surface area contributed by atoms with Gasteiger partial charge < -0.3 is 5.11 Å². The first-order chi connectivity index (χ1) is 12.9. The van der Waals surface area contributed by atoms with Gasteiger partial charge in [-0.2, -0.15) is 0 Å². The molecule has 0 fully saturated rings. The van der Waals surface area contributed by atoms with Gasteiger partial charge in [0.1, 0.15) is 6.54 Å². The number of nitro benzene ring substituents is 2. The van der Waals surface area contributed by atoms with Crippen LogP contribution in [-0.4, -0.2) is 35.9 Å². The van der Waals surface area contributed by atoms with Crippen LogP contribution >= 0.6 is 0 Å². The maximum absolute atomic E-state index is 13.0. The lowest BCUT2D eigenvalue weighted by Gasteiger charge is -2.23. The van der Waals surface area contributed by atoms with Crippen LogP contribution in [0, 0.1) is 34.1 Å². The Morgan fingerprint density at radius 3 is 2.00 bits per heavy atom. The number of rotatable bonds is 7. The maximum Gasteiger partial charge on any atom is 0.324 e. The smallest absolute Gasteiger partial charge is 0.324 e. The summed E-state index contributed by atoms with van der Waals surface area (Å²) in [6, 6.07) is 6.61. The van der Waals surface area contributed by atoms with Gasteiger partial charge in [-0.3, -0.25) is 29.3 Å². The monoisotopic (exact) mass is 409 g/mol. The van der Waals surface area contributed by atoms with Gasteiger partial charge in [0.05, 0.1) is 20.4 Å². The van der Waals surface area contributed by atoms with Gasteiger partial charge in [0.2, 0.25) is 0 Å². The first kappa shape index (κ1) is 20.8. The highest BCUT2D eigenvalue weighted by molar-refractivity contribution is 7.92. The molecule has 0 bridgehead atoms.